The van der Waals surface area contributed by atoms with Gasteiger partial charge in [-0.15, -0.1) is 0 Å². The van der Waals surface area contributed by atoms with Crippen molar-refractivity contribution in [3.63, 3.8) is 0 Å². The Balaban J connectivity index is 1.79. The molecule has 0 bridgehead atoms. The third-order valence-electron chi connectivity index (χ3n) is 3.83. The first-order valence-electron chi connectivity index (χ1n) is 6.37. The molecule has 4 nitrogen and oxygen atoms in total. The predicted molar refractivity (Wildman–Crippen MR) is 67.0 cm³/mol. The SMILES string of the molecule is O=C1CN(C2CCc3ccccc3C2)C(=O)CN1. The lowest BCUT2D eigenvalue weighted by Gasteiger charge is -2.37. The fourth-order valence-corrected chi connectivity index (χ4v) is 2.85. The summed E-state index contributed by atoms with van der Waals surface area (Å²) >= 11 is 0. The van der Waals surface area contributed by atoms with Crippen LogP contribution in [0.3, 0.4) is 0 Å². The Morgan fingerprint density at radius 2 is 1.94 bits per heavy atom. The first kappa shape index (κ1) is 11.3. The molecule has 1 N–H and O–H groups in total. The lowest BCUT2D eigenvalue weighted by molar-refractivity contribution is -0.143. The van der Waals surface area contributed by atoms with Crippen molar-refractivity contribution in [2.45, 2.75) is 25.3 Å². The minimum Gasteiger partial charge on any atom is -0.345 e. The van der Waals surface area contributed by atoms with Crippen LogP contribution in [0, 0.1) is 0 Å². The van der Waals surface area contributed by atoms with Gasteiger partial charge in [-0.3, -0.25) is 9.59 Å². The van der Waals surface area contributed by atoms with Crippen molar-refractivity contribution in [3.05, 3.63) is 35.4 Å². The predicted octanol–water partition coefficient (Wildman–Crippen LogP) is 0.502. The molecule has 1 fully saturated rings. The molecule has 18 heavy (non-hydrogen) atoms. The molecule has 1 saturated heterocycles. The number of carbonyl (C=O) groups excluding carboxylic acids is 2. The van der Waals surface area contributed by atoms with Crippen LogP contribution in [0.25, 0.3) is 0 Å². The average molecular weight is 244 g/mol. The van der Waals surface area contributed by atoms with Gasteiger partial charge in [0.2, 0.25) is 11.8 Å². The molecule has 3 rings (SSSR count). The molecule has 2 aliphatic rings. The van der Waals surface area contributed by atoms with Gasteiger partial charge < -0.3 is 10.2 Å². The maximum Gasteiger partial charge on any atom is 0.242 e. The number of hydrogen-bond donors (Lipinski definition) is 1. The van der Waals surface area contributed by atoms with E-state index in [0.717, 1.165) is 19.3 Å². The maximum atomic E-state index is 11.9. The summed E-state index contributed by atoms with van der Waals surface area (Å²) in [7, 11) is 0. The van der Waals surface area contributed by atoms with Crippen molar-refractivity contribution in [2.24, 2.45) is 0 Å². The summed E-state index contributed by atoms with van der Waals surface area (Å²) in [5.74, 6) is -0.00700. The molecule has 0 spiro atoms. The van der Waals surface area contributed by atoms with Crippen LogP contribution >= 0.6 is 0 Å². The Kier molecular flexibility index (Phi) is 2.78. The first-order chi connectivity index (χ1) is 8.74. The van der Waals surface area contributed by atoms with Crippen molar-refractivity contribution in [1.82, 2.24) is 10.2 Å². The number of aryl methyl sites for hydroxylation is 1. The number of carbonyl (C=O) groups is 2. The highest BCUT2D eigenvalue weighted by Gasteiger charge is 2.31. The lowest BCUT2D eigenvalue weighted by atomic mass is 9.87. The number of benzene rings is 1. The summed E-state index contributed by atoms with van der Waals surface area (Å²) in [5, 5.41) is 2.59. The van der Waals surface area contributed by atoms with Gasteiger partial charge in [0.05, 0.1) is 13.1 Å². The second-order valence-electron chi connectivity index (χ2n) is 4.96. The number of nitrogens with zero attached hydrogens (tertiary/aromatic N) is 1. The Hall–Kier alpha value is -1.84. The molecule has 4 heteroatoms. The van der Waals surface area contributed by atoms with Crippen LogP contribution in [0.5, 0.6) is 0 Å². The molecular weight excluding hydrogens is 228 g/mol. The highest BCUT2D eigenvalue weighted by Crippen LogP contribution is 2.24. The third-order valence-corrected chi connectivity index (χ3v) is 3.83. The second kappa shape index (κ2) is 4.44. The van der Waals surface area contributed by atoms with E-state index >= 15 is 0 Å². The maximum absolute atomic E-state index is 11.9. The molecule has 1 aromatic rings. The van der Waals surface area contributed by atoms with Gasteiger partial charge >= 0.3 is 0 Å². The van der Waals surface area contributed by atoms with Gasteiger partial charge in [-0.25, -0.2) is 0 Å². The molecule has 94 valence electrons. The van der Waals surface area contributed by atoms with E-state index in [4.69, 9.17) is 0 Å². The van der Waals surface area contributed by atoms with E-state index < -0.39 is 0 Å². The van der Waals surface area contributed by atoms with Gasteiger partial charge in [0.1, 0.15) is 0 Å². The normalized spacial score (nSPS) is 23.6. The van der Waals surface area contributed by atoms with Crippen LogP contribution in [-0.2, 0) is 22.4 Å². The highest BCUT2D eigenvalue weighted by atomic mass is 16.2. The van der Waals surface area contributed by atoms with E-state index in [2.05, 4.69) is 23.5 Å². The molecule has 1 unspecified atom stereocenters. The number of amides is 2. The van der Waals surface area contributed by atoms with Crippen molar-refractivity contribution in [3.8, 4) is 0 Å². The Morgan fingerprint density at radius 1 is 1.17 bits per heavy atom. The zero-order valence-electron chi connectivity index (χ0n) is 10.2. The molecule has 1 aliphatic carbocycles. The molecule has 0 saturated carbocycles. The topological polar surface area (TPSA) is 49.4 Å². The number of fused-ring (bicyclic) bond motifs is 1. The van der Waals surface area contributed by atoms with E-state index in [1.807, 2.05) is 6.07 Å². The lowest BCUT2D eigenvalue weighted by Crippen LogP contribution is -2.56. The van der Waals surface area contributed by atoms with E-state index in [-0.39, 0.29) is 30.9 Å². The Morgan fingerprint density at radius 3 is 2.78 bits per heavy atom. The van der Waals surface area contributed by atoms with Crippen molar-refractivity contribution >= 4 is 11.8 Å². The Labute approximate surface area is 106 Å². The van der Waals surface area contributed by atoms with Crippen LogP contribution in [-0.4, -0.2) is 35.8 Å². The van der Waals surface area contributed by atoms with Crippen LogP contribution in [0.4, 0.5) is 0 Å². The molecule has 1 aromatic carbocycles. The van der Waals surface area contributed by atoms with Crippen molar-refractivity contribution in [2.75, 3.05) is 13.1 Å². The molecule has 1 atom stereocenters. The van der Waals surface area contributed by atoms with E-state index in [0.29, 0.717) is 0 Å². The van der Waals surface area contributed by atoms with Gasteiger partial charge in [-0.2, -0.15) is 0 Å². The van der Waals surface area contributed by atoms with Gasteiger partial charge in [0, 0.05) is 6.04 Å². The molecule has 0 radical (unpaired) electrons. The summed E-state index contributed by atoms with van der Waals surface area (Å²) in [6.45, 7) is 0.364. The van der Waals surface area contributed by atoms with Crippen molar-refractivity contribution in [1.29, 1.82) is 0 Å². The zero-order valence-corrected chi connectivity index (χ0v) is 10.2. The number of nitrogens with one attached hydrogen (secondary N) is 1. The number of hydrogen-bond acceptors (Lipinski definition) is 2. The fraction of sp³-hybridized carbons (Fsp3) is 0.429. The monoisotopic (exact) mass is 244 g/mol. The van der Waals surface area contributed by atoms with Crippen molar-refractivity contribution < 1.29 is 9.59 Å². The van der Waals surface area contributed by atoms with Crippen LogP contribution in [0.15, 0.2) is 24.3 Å². The molecule has 1 aliphatic heterocycles. The summed E-state index contributed by atoms with van der Waals surface area (Å²) < 4.78 is 0. The van der Waals surface area contributed by atoms with Gasteiger partial charge in [-0.05, 0) is 30.4 Å². The van der Waals surface area contributed by atoms with Gasteiger partial charge in [-0.1, -0.05) is 24.3 Å². The number of rotatable bonds is 1. The van der Waals surface area contributed by atoms with Crippen LogP contribution < -0.4 is 5.32 Å². The third kappa shape index (κ3) is 1.98. The minimum atomic E-state index is -0.0477. The summed E-state index contributed by atoms with van der Waals surface area (Å²) in [6, 6.07) is 8.54. The van der Waals surface area contributed by atoms with Gasteiger partial charge in [0.15, 0.2) is 0 Å². The van der Waals surface area contributed by atoms with E-state index in [9.17, 15) is 9.59 Å². The average Bonchev–Trinajstić information content (AvgIpc) is 2.41. The second-order valence-corrected chi connectivity index (χ2v) is 4.96. The largest absolute Gasteiger partial charge is 0.345 e. The summed E-state index contributed by atoms with van der Waals surface area (Å²) in [6.07, 6.45) is 2.82. The fourth-order valence-electron chi connectivity index (χ4n) is 2.85. The molecule has 1 heterocycles. The van der Waals surface area contributed by atoms with Crippen LogP contribution in [0.1, 0.15) is 17.5 Å². The Bertz CT molecular complexity index is 498. The minimum absolute atomic E-state index is 0.0407. The molecular formula is C14H16N2O2. The smallest absolute Gasteiger partial charge is 0.242 e. The standard InChI is InChI=1S/C14H16N2O2/c17-13-9-16(14(18)8-15-13)12-6-5-10-3-1-2-4-11(10)7-12/h1-4,12H,5-9H2,(H,15,17). The first-order valence-corrected chi connectivity index (χ1v) is 6.37. The molecule has 0 aromatic heterocycles. The van der Waals surface area contributed by atoms with Crippen LogP contribution in [0.2, 0.25) is 0 Å². The zero-order chi connectivity index (χ0) is 12.5. The van der Waals surface area contributed by atoms with E-state index in [1.54, 1.807) is 4.90 Å². The quantitative estimate of drug-likeness (QED) is 0.782. The van der Waals surface area contributed by atoms with E-state index in [1.165, 1.54) is 11.1 Å². The highest BCUT2D eigenvalue weighted by molar-refractivity contribution is 5.92. The molecule has 2 amide bonds. The summed E-state index contributed by atoms with van der Waals surface area (Å²) in [4.78, 5) is 25.0. The van der Waals surface area contributed by atoms with Gasteiger partial charge in [0.25, 0.3) is 0 Å². The number of piperazine rings is 1. The summed E-state index contributed by atoms with van der Waals surface area (Å²) in [5.41, 5.74) is 2.69.